The smallest absolute Gasteiger partial charge is 0.275 e. The lowest BCUT2D eigenvalue weighted by Gasteiger charge is -2.10. The molecule has 0 aromatic carbocycles. The summed E-state index contributed by atoms with van der Waals surface area (Å²) < 4.78 is 0. The first kappa shape index (κ1) is 8.10. The molecule has 0 saturated carbocycles. The summed E-state index contributed by atoms with van der Waals surface area (Å²) in [6, 6.07) is 0. The Morgan fingerprint density at radius 1 is 1.38 bits per heavy atom. The first-order valence-corrected chi connectivity index (χ1v) is 4.31. The van der Waals surface area contributed by atoms with Crippen LogP contribution in [-0.4, -0.2) is 29.7 Å². The maximum Gasteiger partial charge on any atom is 0.275 e. The molecule has 0 saturated heterocycles. The molecule has 13 heavy (non-hydrogen) atoms. The monoisotopic (exact) mass is 178 g/mol. The number of nitrogens with one attached hydrogen (secondary N) is 1. The maximum atomic E-state index is 11.2. The van der Waals surface area contributed by atoms with Gasteiger partial charge in [-0.05, 0) is 6.42 Å². The Balaban J connectivity index is 2.25. The van der Waals surface area contributed by atoms with Crippen molar-refractivity contribution in [3.05, 3.63) is 0 Å². The van der Waals surface area contributed by atoms with Gasteiger partial charge in [-0.1, -0.05) is 13.3 Å². The molecule has 68 valence electrons. The van der Waals surface area contributed by atoms with Crippen molar-refractivity contribution in [3.63, 3.8) is 0 Å². The number of fused-ring (bicyclic) bond motifs is 1. The Labute approximate surface area is 75.6 Å². The largest absolute Gasteiger partial charge is 0.331 e. The molecule has 0 aromatic heterocycles. The number of aliphatic imine (C=N–C) groups is 1. The van der Waals surface area contributed by atoms with Crippen molar-refractivity contribution in [2.75, 3.05) is 6.67 Å². The second-order valence-electron chi connectivity index (χ2n) is 2.92. The van der Waals surface area contributed by atoms with Crippen LogP contribution in [-0.2, 0) is 4.79 Å². The van der Waals surface area contributed by atoms with Crippen LogP contribution in [0.4, 0.5) is 0 Å². The summed E-state index contributed by atoms with van der Waals surface area (Å²) in [7, 11) is 0. The van der Waals surface area contributed by atoms with E-state index in [9.17, 15) is 4.79 Å². The van der Waals surface area contributed by atoms with Gasteiger partial charge >= 0.3 is 0 Å². The lowest BCUT2D eigenvalue weighted by atomic mass is 10.1. The standard InChI is InChI=1S/C8H10N4O/c1-2-3-5-6-7(12-11-5)8(13)10-4-9-6/h2-4H2,1H3,(H,10,13). The van der Waals surface area contributed by atoms with Gasteiger partial charge in [0.1, 0.15) is 12.4 Å². The highest BCUT2D eigenvalue weighted by Crippen LogP contribution is 2.08. The number of nitrogens with zero attached hydrogens (tertiary/aromatic N) is 3. The molecular weight excluding hydrogens is 168 g/mol. The molecule has 0 unspecified atom stereocenters. The predicted octanol–water partition coefficient (Wildman–Crippen LogP) is 0.125. The molecule has 0 radical (unpaired) electrons. The number of carbonyl (C=O) groups is 1. The molecule has 0 atom stereocenters. The van der Waals surface area contributed by atoms with Gasteiger partial charge in [-0.15, -0.1) is 5.10 Å². The first-order valence-electron chi connectivity index (χ1n) is 4.31. The number of amides is 1. The lowest BCUT2D eigenvalue weighted by molar-refractivity contribution is -0.114. The predicted molar refractivity (Wildman–Crippen MR) is 50.2 cm³/mol. The number of hydrogen-bond acceptors (Lipinski definition) is 4. The van der Waals surface area contributed by atoms with E-state index in [2.05, 4.69) is 27.4 Å². The van der Waals surface area contributed by atoms with Gasteiger partial charge in [0.05, 0.1) is 5.71 Å². The van der Waals surface area contributed by atoms with Gasteiger partial charge in [-0.2, -0.15) is 5.10 Å². The van der Waals surface area contributed by atoms with Gasteiger partial charge in [0, 0.05) is 0 Å². The minimum absolute atomic E-state index is 0.167. The molecule has 2 heterocycles. The van der Waals surface area contributed by atoms with Crippen LogP contribution < -0.4 is 5.32 Å². The van der Waals surface area contributed by atoms with E-state index < -0.39 is 0 Å². The lowest BCUT2D eigenvalue weighted by Crippen LogP contribution is -2.42. The van der Waals surface area contributed by atoms with Gasteiger partial charge in [0.2, 0.25) is 0 Å². The number of hydrogen-bond donors (Lipinski definition) is 1. The molecule has 1 N–H and O–H groups in total. The van der Waals surface area contributed by atoms with E-state index in [1.54, 1.807) is 0 Å². The third kappa shape index (κ3) is 1.26. The van der Waals surface area contributed by atoms with Crippen molar-refractivity contribution in [3.8, 4) is 0 Å². The number of rotatable bonds is 2. The SMILES string of the molecule is CCCC1=NN=C2C(=O)NCN=C12. The van der Waals surface area contributed by atoms with E-state index in [4.69, 9.17) is 0 Å². The van der Waals surface area contributed by atoms with E-state index in [0.29, 0.717) is 18.1 Å². The molecule has 0 aromatic rings. The highest BCUT2D eigenvalue weighted by Gasteiger charge is 2.29. The fourth-order valence-electron chi connectivity index (χ4n) is 1.34. The van der Waals surface area contributed by atoms with Crippen LogP contribution in [0.2, 0.25) is 0 Å². The third-order valence-electron chi connectivity index (χ3n) is 1.95. The van der Waals surface area contributed by atoms with Crippen LogP contribution in [0.25, 0.3) is 0 Å². The van der Waals surface area contributed by atoms with Gasteiger partial charge in [0.25, 0.3) is 5.91 Å². The van der Waals surface area contributed by atoms with E-state index >= 15 is 0 Å². The zero-order chi connectivity index (χ0) is 9.26. The highest BCUT2D eigenvalue weighted by atomic mass is 16.2. The van der Waals surface area contributed by atoms with Crippen LogP contribution in [0.3, 0.4) is 0 Å². The highest BCUT2D eigenvalue weighted by molar-refractivity contribution is 6.83. The van der Waals surface area contributed by atoms with E-state index in [-0.39, 0.29) is 5.91 Å². The summed E-state index contributed by atoms with van der Waals surface area (Å²) >= 11 is 0. The Hall–Kier alpha value is -1.52. The van der Waals surface area contributed by atoms with Gasteiger partial charge in [-0.3, -0.25) is 9.79 Å². The Morgan fingerprint density at radius 3 is 3.00 bits per heavy atom. The van der Waals surface area contributed by atoms with E-state index in [1.807, 2.05) is 0 Å². The Kier molecular flexibility index (Phi) is 1.92. The molecule has 0 fully saturated rings. The molecule has 0 bridgehead atoms. The minimum Gasteiger partial charge on any atom is -0.331 e. The molecule has 1 amide bonds. The van der Waals surface area contributed by atoms with Crippen molar-refractivity contribution in [1.29, 1.82) is 0 Å². The summed E-state index contributed by atoms with van der Waals surface area (Å²) in [5.41, 5.74) is 1.90. The quantitative estimate of drug-likeness (QED) is 0.641. The second-order valence-corrected chi connectivity index (χ2v) is 2.92. The minimum atomic E-state index is -0.167. The summed E-state index contributed by atoms with van der Waals surface area (Å²) in [5, 5.41) is 10.3. The van der Waals surface area contributed by atoms with E-state index in [0.717, 1.165) is 18.6 Å². The van der Waals surface area contributed by atoms with Crippen LogP contribution in [0.15, 0.2) is 15.2 Å². The Morgan fingerprint density at radius 2 is 2.23 bits per heavy atom. The first-order chi connectivity index (χ1) is 6.33. The molecule has 0 spiro atoms. The molecule has 2 aliphatic rings. The van der Waals surface area contributed by atoms with Gasteiger partial charge in [0.15, 0.2) is 5.71 Å². The molecular formula is C8H10N4O. The second kappa shape index (κ2) is 3.08. The molecule has 0 aliphatic carbocycles. The van der Waals surface area contributed by atoms with E-state index in [1.165, 1.54) is 0 Å². The van der Waals surface area contributed by atoms with Crippen LogP contribution in [0.1, 0.15) is 19.8 Å². The zero-order valence-corrected chi connectivity index (χ0v) is 7.37. The Bertz CT molecular complexity index is 340. The van der Waals surface area contributed by atoms with Crippen molar-refractivity contribution < 1.29 is 4.79 Å². The topological polar surface area (TPSA) is 66.2 Å². The molecule has 2 aliphatic heterocycles. The summed E-state index contributed by atoms with van der Waals surface area (Å²) in [5.74, 6) is -0.167. The van der Waals surface area contributed by atoms with Crippen LogP contribution in [0.5, 0.6) is 0 Å². The fraction of sp³-hybridized carbons (Fsp3) is 0.500. The summed E-state index contributed by atoms with van der Waals surface area (Å²) in [6.45, 7) is 2.40. The van der Waals surface area contributed by atoms with Crippen molar-refractivity contribution in [2.24, 2.45) is 15.2 Å². The average Bonchev–Trinajstić information content (AvgIpc) is 2.51. The molecule has 2 rings (SSSR count). The maximum absolute atomic E-state index is 11.2. The summed E-state index contributed by atoms with van der Waals surface area (Å²) in [4.78, 5) is 15.4. The van der Waals surface area contributed by atoms with Crippen molar-refractivity contribution in [2.45, 2.75) is 19.8 Å². The normalized spacial score (nSPS) is 20.1. The zero-order valence-electron chi connectivity index (χ0n) is 7.37. The fourth-order valence-corrected chi connectivity index (χ4v) is 1.34. The van der Waals surface area contributed by atoms with Gasteiger partial charge < -0.3 is 5.32 Å². The number of carbonyl (C=O) groups excluding carboxylic acids is 1. The summed E-state index contributed by atoms with van der Waals surface area (Å²) in [6.07, 6.45) is 1.82. The molecule has 5 nitrogen and oxygen atoms in total. The van der Waals surface area contributed by atoms with Crippen molar-refractivity contribution >= 4 is 23.0 Å². The van der Waals surface area contributed by atoms with Crippen LogP contribution >= 0.6 is 0 Å². The third-order valence-corrected chi connectivity index (χ3v) is 1.95. The van der Waals surface area contributed by atoms with Gasteiger partial charge in [-0.25, -0.2) is 0 Å². The molecule has 5 heteroatoms. The average molecular weight is 178 g/mol. The van der Waals surface area contributed by atoms with Crippen molar-refractivity contribution in [1.82, 2.24) is 5.32 Å². The van der Waals surface area contributed by atoms with Crippen LogP contribution in [0, 0.1) is 0 Å².